The standard InChI is InChI=1S/C10H15NO4/c1-3-15-10(14)5-4-6-11(7-8-12)9(2)13/h4-5,8H,3,6-7H2,1-2H3. The van der Waals surface area contributed by atoms with E-state index in [2.05, 4.69) is 4.74 Å². The Hall–Kier alpha value is -1.65. The van der Waals surface area contributed by atoms with E-state index in [1.165, 1.54) is 24.0 Å². The van der Waals surface area contributed by atoms with Crippen LogP contribution in [0.3, 0.4) is 0 Å². The number of amides is 1. The highest BCUT2D eigenvalue weighted by Gasteiger charge is 2.04. The maximum atomic E-state index is 11.0. The molecule has 0 atom stereocenters. The van der Waals surface area contributed by atoms with Crippen LogP contribution in [0.4, 0.5) is 0 Å². The van der Waals surface area contributed by atoms with Gasteiger partial charge in [0, 0.05) is 19.5 Å². The summed E-state index contributed by atoms with van der Waals surface area (Å²) in [6, 6.07) is 0. The Morgan fingerprint density at radius 2 is 2.00 bits per heavy atom. The minimum absolute atomic E-state index is 0.0303. The summed E-state index contributed by atoms with van der Waals surface area (Å²) in [5.41, 5.74) is 0. The lowest BCUT2D eigenvalue weighted by molar-refractivity contribution is -0.137. The molecule has 0 fully saturated rings. The van der Waals surface area contributed by atoms with Crippen LogP contribution in [-0.2, 0) is 19.1 Å². The fourth-order valence-corrected chi connectivity index (χ4v) is 0.888. The summed E-state index contributed by atoms with van der Waals surface area (Å²) in [7, 11) is 0. The number of carbonyl (C=O) groups excluding carboxylic acids is 3. The van der Waals surface area contributed by atoms with Gasteiger partial charge in [-0.05, 0) is 6.92 Å². The molecule has 0 aliphatic heterocycles. The van der Waals surface area contributed by atoms with Gasteiger partial charge in [-0.2, -0.15) is 0 Å². The van der Waals surface area contributed by atoms with Gasteiger partial charge in [-0.15, -0.1) is 0 Å². The lowest BCUT2D eigenvalue weighted by Gasteiger charge is -2.14. The van der Waals surface area contributed by atoms with Crippen molar-refractivity contribution < 1.29 is 19.1 Å². The van der Waals surface area contributed by atoms with Crippen LogP contribution in [0.5, 0.6) is 0 Å². The molecular weight excluding hydrogens is 198 g/mol. The fraction of sp³-hybridized carbons (Fsp3) is 0.500. The molecule has 1 amide bonds. The number of rotatable bonds is 6. The van der Waals surface area contributed by atoms with Crippen molar-refractivity contribution in [1.29, 1.82) is 0 Å². The molecule has 0 aromatic heterocycles. The highest BCUT2D eigenvalue weighted by Crippen LogP contribution is 1.89. The molecule has 0 rings (SSSR count). The number of hydrogen-bond donors (Lipinski definition) is 0. The van der Waals surface area contributed by atoms with Crippen molar-refractivity contribution in [2.75, 3.05) is 19.7 Å². The lowest BCUT2D eigenvalue weighted by Crippen LogP contribution is -2.30. The molecule has 0 spiro atoms. The third kappa shape index (κ3) is 6.42. The van der Waals surface area contributed by atoms with Gasteiger partial charge in [-0.1, -0.05) is 6.08 Å². The summed E-state index contributed by atoms with van der Waals surface area (Å²) in [4.78, 5) is 33.3. The number of nitrogens with zero attached hydrogens (tertiary/aromatic N) is 1. The summed E-state index contributed by atoms with van der Waals surface area (Å²) in [6.45, 7) is 3.64. The molecular formula is C10H15NO4. The van der Waals surface area contributed by atoms with Crippen molar-refractivity contribution in [1.82, 2.24) is 4.90 Å². The molecule has 0 radical (unpaired) electrons. The average molecular weight is 213 g/mol. The number of ether oxygens (including phenoxy) is 1. The Morgan fingerprint density at radius 1 is 1.33 bits per heavy atom. The monoisotopic (exact) mass is 213 g/mol. The Kier molecular flexibility index (Phi) is 6.88. The summed E-state index contributed by atoms with van der Waals surface area (Å²) in [5, 5.41) is 0. The Morgan fingerprint density at radius 3 is 2.47 bits per heavy atom. The molecule has 5 heteroatoms. The molecule has 0 aliphatic carbocycles. The summed E-state index contributed by atoms with van der Waals surface area (Å²) in [5.74, 6) is -0.664. The van der Waals surface area contributed by atoms with E-state index in [0.29, 0.717) is 12.9 Å². The number of hydrogen-bond acceptors (Lipinski definition) is 4. The van der Waals surface area contributed by atoms with Gasteiger partial charge < -0.3 is 14.4 Å². The third-order valence-electron chi connectivity index (χ3n) is 1.61. The van der Waals surface area contributed by atoms with E-state index >= 15 is 0 Å². The first-order valence-corrected chi connectivity index (χ1v) is 4.64. The minimum atomic E-state index is -0.452. The first-order valence-electron chi connectivity index (χ1n) is 4.64. The van der Waals surface area contributed by atoms with Crippen molar-refractivity contribution in [2.24, 2.45) is 0 Å². The highest BCUT2D eigenvalue weighted by atomic mass is 16.5. The van der Waals surface area contributed by atoms with E-state index in [1.807, 2.05) is 0 Å². The van der Waals surface area contributed by atoms with Gasteiger partial charge in [-0.3, -0.25) is 4.79 Å². The molecule has 15 heavy (non-hydrogen) atoms. The first kappa shape index (κ1) is 13.4. The molecule has 84 valence electrons. The predicted octanol–water partition coefficient (Wildman–Crippen LogP) is 0.153. The molecule has 0 N–H and O–H groups in total. The molecule has 0 aromatic rings. The second kappa shape index (κ2) is 7.73. The van der Waals surface area contributed by atoms with Crippen molar-refractivity contribution in [3.8, 4) is 0 Å². The zero-order valence-electron chi connectivity index (χ0n) is 8.93. The largest absolute Gasteiger partial charge is 0.463 e. The number of esters is 1. The molecule has 0 saturated heterocycles. The molecule has 0 bridgehead atoms. The number of carbonyl (C=O) groups is 3. The highest BCUT2D eigenvalue weighted by molar-refractivity contribution is 5.82. The second-order valence-electron chi connectivity index (χ2n) is 2.75. The van der Waals surface area contributed by atoms with Crippen LogP contribution < -0.4 is 0 Å². The normalized spacial score (nSPS) is 10.0. The zero-order valence-corrected chi connectivity index (χ0v) is 8.93. The predicted molar refractivity (Wildman–Crippen MR) is 54.1 cm³/mol. The van der Waals surface area contributed by atoms with E-state index in [-0.39, 0.29) is 19.0 Å². The second-order valence-corrected chi connectivity index (χ2v) is 2.75. The molecule has 0 unspecified atom stereocenters. The van der Waals surface area contributed by atoms with Crippen molar-refractivity contribution >= 4 is 18.2 Å². The quantitative estimate of drug-likeness (QED) is 0.358. The van der Waals surface area contributed by atoms with E-state index < -0.39 is 5.97 Å². The van der Waals surface area contributed by atoms with Crippen LogP contribution in [0, 0.1) is 0 Å². The third-order valence-corrected chi connectivity index (χ3v) is 1.61. The van der Waals surface area contributed by atoms with Gasteiger partial charge in [0.15, 0.2) is 0 Å². The van der Waals surface area contributed by atoms with Crippen molar-refractivity contribution in [3.63, 3.8) is 0 Å². The molecule has 0 aliphatic rings. The maximum Gasteiger partial charge on any atom is 0.330 e. The van der Waals surface area contributed by atoms with Crippen LogP contribution in [0.2, 0.25) is 0 Å². The van der Waals surface area contributed by atoms with Gasteiger partial charge in [0.25, 0.3) is 0 Å². The van der Waals surface area contributed by atoms with Gasteiger partial charge in [0.1, 0.15) is 6.29 Å². The summed E-state index contributed by atoms with van der Waals surface area (Å²) in [6.07, 6.45) is 3.37. The van der Waals surface area contributed by atoms with Crippen LogP contribution in [0.25, 0.3) is 0 Å². The van der Waals surface area contributed by atoms with E-state index in [1.54, 1.807) is 6.92 Å². The van der Waals surface area contributed by atoms with Gasteiger partial charge in [0.05, 0.1) is 13.2 Å². The number of aldehydes is 1. The average Bonchev–Trinajstić information content (AvgIpc) is 2.16. The summed E-state index contributed by atoms with van der Waals surface area (Å²) < 4.78 is 4.65. The molecule has 0 aromatic carbocycles. The molecule has 5 nitrogen and oxygen atoms in total. The first-order chi connectivity index (χ1) is 7.11. The molecule has 0 saturated carbocycles. The van der Waals surface area contributed by atoms with E-state index in [4.69, 9.17) is 0 Å². The van der Waals surface area contributed by atoms with Gasteiger partial charge in [0.2, 0.25) is 5.91 Å². The van der Waals surface area contributed by atoms with Crippen molar-refractivity contribution in [2.45, 2.75) is 13.8 Å². The van der Waals surface area contributed by atoms with Crippen LogP contribution >= 0.6 is 0 Å². The van der Waals surface area contributed by atoms with E-state index in [9.17, 15) is 14.4 Å². The van der Waals surface area contributed by atoms with Gasteiger partial charge in [-0.25, -0.2) is 4.79 Å². The fourth-order valence-electron chi connectivity index (χ4n) is 0.888. The smallest absolute Gasteiger partial charge is 0.330 e. The van der Waals surface area contributed by atoms with Crippen LogP contribution in [-0.4, -0.2) is 42.8 Å². The Labute approximate surface area is 88.7 Å². The zero-order chi connectivity index (χ0) is 11.7. The van der Waals surface area contributed by atoms with Crippen molar-refractivity contribution in [3.05, 3.63) is 12.2 Å². The summed E-state index contributed by atoms with van der Waals surface area (Å²) >= 11 is 0. The Bertz CT molecular complexity index is 260. The van der Waals surface area contributed by atoms with Crippen LogP contribution in [0.15, 0.2) is 12.2 Å². The molecule has 0 heterocycles. The van der Waals surface area contributed by atoms with E-state index in [0.717, 1.165) is 0 Å². The topological polar surface area (TPSA) is 63.7 Å². The lowest BCUT2D eigenvalue weighted by atomic mass is 10.4. The maximum absolute atomic E-state index is 11.0. The minimum Gasteiger partial charge on any atom is -0.463 e. The van der Waals surface area contributed by atoms with Gasteiger partial charge >= 0.3 is 5.97 Å². The SMILES string of the molecule is CCOC(=O)C=CCN(CC=O)C(C)=O. The van der Waals surface area contributed by atoms with Crippen LogP contribution in [0.1, 0.15) is 13.8 Å². The Balaban J connectivity index is 4.03.